The molecule has 0 aliphatic carbocycles. The Balaban J connectivity index is 1.72. The van der Waals surface area contributed by atoms with Crippen molar-refractivity contribution in [3.05, 3.63) is 50.9 Å². The second-order valence-corrected chi connectivity index (χ2v) is 7.25. The minimum Gasteiger partial charge on any atom is -0.497 e. The summed E-state index contributed by atoms with van der Waals surface area (Å²) in [6, 6.07) is 5.24. The van der Waals surface area contributed by atoms with E-state index >= 15 is 0 Å². The SMILES string of the molecule is COc1ccc(/C=N\NC(=O)Cn2cnc3sc(C)c(C)c3c2=O)c(OC)c1. The number of methoxy groups -OCH3 is 2. The normalized spacial score (nSPS) is 11.1. The second-order valence-electron chi connectivity index (χ2n) is 6.04. The van der Waals surface area contributed by atoms with Gasteiger partial charge in [0.1, 0.15) is 22.9 Å². The van der Waals surface area contributed by atoms with Crippen molar-refractivity contribution in [1.82, 2.24) is 15.0 Å². The van der Waals surface area contributed by atoms with Crippen LogP contribution in [0, 0.1) is 13.8 Å². The Hall–Kier alpha value is -3.20. The molecule has 3 aromatic rings. The van der Waals surface area contributed by atoms with Crippen LogP contribution in [0.15, 0.2) is 34.4 Å². The van der Waals surface area contributed by atoms with Gasteiger partial charge in [-0.2, -0.15) is 5.10 Å². The first-order valence-electron chi connectivity index (χ1n) is 8.43. The third-order valence-electron chi connectivity index (χ3n) is 4.30. The average molecular weight is 400 g/mol. The number of nitrogens with one attached hydrogen (secondary N) is 1. The van der Waals surface area contributed by atoms with Crippen LogP contribution in [0.1, 0.15) is 16.0 Å². The van der Waals surface area contributed by atoms with Gasteiger partial charge in [0, 0.05) is 16.5 Å². The minimum atomic E-state index is -0.434. The third kappa shape index (κ3) is 3.89. The van der Waals surface area contributed by atoms with E-state index in [1.54, 1.807) is 25.3 Å². The largest absolute Gasteiger partial charge is 0.497 e. The molecule has 1 aromatic carbocycles. The summed E-state index contributed by atoms with van der Waals surface area (Å²) in [6.07, 6.45) is 2.85. The molecule has 0 unspecified atom stereocenters. The number of carbonyl (C=O) groups excluding carboxylic acids is 1. The summed E-state index contributed by atoms with van der Waals surface area (Å²) < 4.78 is 11.7. The average Bonchev–Trinajstić information content (AvgIpc) is 2.98. The Morgan fingerprint density at radius 2 is 2.11 bits per heavy atom. The molecule has 2 aromatic heterocycles. The quantitative estimate of drug-likeness (QED) is 0.506. The van der Waals surface area contributed by atoms with Crippen LogP contribution >= 0.6 is 11.3 Å². The van der Waals surface area contributed by atoms with Crippen molar-refractivity contribution < 1.29 is 14.3 Å². The lowest BCUT2D eigenvalue weighted by Crippen LogP contribution is -2.30. The first kappa shape index (κ1) is 19.6. The zero-order valence-electron chi connectivity index (χ0n) is 16.0. The van der Waals surface area contributed by atoms with Gasteiger partial charge in [0.2, 0.25) is 0 Å². The molecular weight excluding hydrogens is 380 g/mol. The van der Waals surface area contributed by atoms with Crippen LogP contribution in [-0.2, 0) is 11.3 Å². The van der Waals surface area contributed by atoms with Crippen LogP contribution in [0.3, 0.4) is 0 Å². The van der Waals surface area contributed by atoms with Crippen LogP contribution in [0.25, 0.3) is 10.2 Å². The van der Waals surface area contributed by atoms with Gasteiger partial charge in [-0.25, -0.2) is 10.4 Å². The van der Waals surface area contributed by atoms with Gasteiger partial charge in [-0.1, -0.05) is 0 Å². The monoisotopic (exact) mass is 400 g/mol. The van der Waals surface area contributed by atoms with E-state index < -0.39 is 5.91 Å². The number of carbonyl (C=O) groups is 1. The Labute approximate surface area is 165 Å². The first-order valence-corrected chi connectivity index (χ1v) is 9.25. The molecule has 0 fully saturated rings. The van der Waals surface area contributed by atoms with E-state index in [0.29, 0.717) is 27.3 Å². The maximum Gasteiger partial charge on any atom is 0.262 e. The topological polar surface area (TPSA) is 94.8 Å². The number of nitrogens with zero attached hydrogens (tertiary/aromatic N) is 3. The maximum atomic E-state index is 12.6. The molecule has 0 spiro atoms. The van der Waals surface area contributed by atoms with Crippen LogP contribution in [-0.4, -0.2) is 35.9 Å². The molecule has 9 heteroatoms. The highest BCUT2D eigenvalue weighted by atomic mass is 32.1. The molecule has 8 nitrogen and oxygen atoms in total. The third-order valence-corrected chi connectivity index (χ3v) is 5.42. The summed E-state index contributed by atoms with van der Waals surface area (Å²) in [6.45, 7) is 3.65. The van der Waals surface area contributed by atoms with Gasteiger partial charge in [-0.05, 0) is 31.5 Å². The molecular formula is C19H20N4O4S. The highest BCUT2D eigenvalue weighted by Gasteiger charge is 2.13. The number of amides is 1. The number of thiophene rings is 1. The molecule has 146 valence electrons. The van der Waals surface area contributed by atoms with Crippen molar-refractivity contribution in [2.24, 2.45) is 5.10 Å². The first-order chi connectivity index (χ1) is 13.4. The molecule has 0 saturated carbocycles. The molecule has 2 heterocycles. The summed E-state index contributed by atoms with van der Waals surface area (Å²) in [5.41, 5.74) is 3.75. The predicted molar refractivity (Wildman–Crippen MR) is 109 cm³/mol. The number of aromatic nitrogens is 2. The Morgan fingerprint density at radius 1 is 1.32 bits per heavy atom. The standard InChI is InChI=1S/C19H20N4O4S/c1-11-12(2)28-18-17(11)19(25)23(10-20-18)9-16(24)22-21-8-13-5-6-14(26-3)7-15(13)27-4/h5-8,10H,9H2,1-4H3,(H,22,24)/b21-8-. The fraction of sp³-hybridized carbons (Fsp3) is 0.263. The number of hydrogen-bond donors (Lipinski definition) is 1. The van der Waals surface area contributed by atoms with Crippen molar-refractivity contribution in [1.29, 1.82) is 0 Å². The minimum absolute atomic E-state index is 0.173. The lowest BCUT2D eigenvalue weighted by Gasteiger charge is -2.07. The van der Waals surface area contributed by atoms with E-state index in [9.17, 15) is 9.59 Å². The van der Waals surface area contributed by atoms with Crippen LogP contribution in [0.2, 0.25) is 0 Å². The summed E-state index contributed by atoms with van der Waals surface area (Å²) in [5.74, 6) is 0.780. The molecule has 0 aliphatic rings. The van der Waals surface area contributed by atoms with E-state index in [2.05, 4.69) is 15.5 Å². The number of rotatable bonds is 6. The maximum absolute atomic E-state index is 12.6. The molecule has 3 rings (SSSR count). The molecule has 1 N–H and O–H groups in total. The van der Waals surface area contributed by atoms with Crippen molar-refractivity contribution in [3.63, 3.8) is 0 Å². The lowest BCUT2D eigenvalue weighted by molar-refractivity contribution is -0.121. The van der Waals surface area contributed by atoms with Gasteiger partial charge in [0.05, 0.1) is 32.1 Å². The summed E-state index contributed by atoms with van der Waals surface area (Å²) in [7, 11) is 3.10. The zero-order chi connectivity index (χ0) is 20.3. The van der Waals surface area contributed by atoms with E-state index in [4.69, 9.17) is 9.47 Å². The van der Waals surface area contributed by atoms with Gasteiger partial charge in [-0.15, -0.1) is 11.3 Å². The van der Waals surface area contributed by atoms with Gasteiger partial charge in [0.15, 0.2) is 0 Å². The Bertz CT molecular complexity index is 1120. The highest BCUT2D eigenvalue weighted by Crippen LogP contribution is 2.25. The Kier molecular flexibility index (Phi) is 5.74. The highest BCUT2D eigenvalue weighted by molar-refractivity contribution is 7.18. The number of ether oxygens (including phenoxy) is 2. The van der Waals surface area contributed by atoms with Crippen LogP contribution in [0.5, 0.6) is 11.5 Å². The summed E-state index contributed by atoms with van der Waals surface area (Å²) >= 11 is 1.47. The lowest BCUT2D eigenvalue weighted by atomic mass is 10.2. The van der Waals surface area contributed by atoms with Crippen LogP contribution < -0.4 is 20.5 Å². The van der Waals surface area contributed by atoms with E-state index in [1.165, 1.54) is 35.6 Å². The number of fused-ring (bicyclic) bond motifs is 1. The Morgan fingerprint density at radius 3 is 2.82 bits per heavy atom. The van der Waals surface area contributed by atoms with Crippen molar-refractivity contribution >= 4 is 33.7 Å². The van der Waals surface area contributed by atoms with E-state index in [1.807, 2.05) is 13.8 Å². The summed E-state index contributed by atoms with van der Waals surface area (Å²) in [4.78, 5) is 30.8. The van der Waals surface area contributed by atoms with Gasteiger partial charge in [-0.3, -0.25) is 14.2 Å². The molecule has 0 radical (unpaired) electrons. The molecule has 1 amide bonds. The van der Waals surface area contributed by atoms with Crippen molar-refractivity contribution in [3.8, 4) is 11.5 Å². The second kappa shape index (κ2) is 8.22. The summed E-state index contributed by atoms with van der Waals surface area (Å²) in [5, 5.41) is 4.50. The van der Waals surface area contributed by atoms with Crippen molar-refractivity contribution in [2.45, 2.75) is 20.4 Å². The smallest absolute Gasteiger partial charge is 0.262 e. The van der Waals surface area contributed by atoms with Gasteiger partial charge < -0.3 is 9.47 Å². The fourth-order valence-corrected chi connectivity index (χ4v) is 3.66. The van der Waals surface area contributed by atoms with Crippen molar-refractivity contribution in [2.75, 3.05) is 14.2 Å². The fourth-order valence-electron chi connectivity index (χ4n) is 2.67. The number of benzene rings is 1. The molecule has 28 heavy (non-hydrogen) atoms. The molecule has 0 saturated heterocycles. The number of aryl methyl sites for hydroxylation is 2. The van der Waals surface area contributed by atoms with E-state index in [0.717, 1.165) is 10.4 Å². The van der Waals surface area contributed by atoms with E-state index in [-0.39, 0.29) is 12.1 Å². The zero-order valence-corrected chi connectivity index (χ0v) is 16.8. The van der Waals surface area contributed by atoms with Crippen LogP contribution in [0.4, 0.5) is 0 Å². The van der Waals surface area contributed by atoms with Gasteiger partial charge >= 0.3 is 0 Å². The number of hydrazone groups is 1. The molecule has 0 bridgehead atoms. The van der Waals surface area contributed by atoms with Gasteiger partial charge in [0.25, 0.3) is 11.5 Å². The predicted octanol–water partition coefficient (Wildman–Crippen LogP) is 2.24. The number of hydrogen-bond acceptors (Lipinski definition) is 7. The molecule has 0 atom stereocenters. The molecule has 0 aliphatic heterocycles.